The molecule has 0 spiro atoms. The van der Waals surface area contributed by atoms with Gasteiger partial charge in [-0.25, -0.2) is 14.4 Å². The van der Waals surface area contributed by atoms with Crippen molar-refractivity contribution in [2.75, 3.05) is 16.8 Å². The van der Waals surface area contributed by atoms with Gasteiger partial charge in [-0.05, 0) is 54.1 Å². The number of carbonyl (C=O) groups is 3. The number of hydrogen-bond donors (Lipinski definition) is 2. The molecule has 3 aromatic carbocycles. The number of allylic oxidation sites excluding steroid dienone is 3. The van der Waals surface area contributed by atoms with Crippen molar-refractivity contribution in [3.8, 4) is 5.75 Å². The van der Waals surface area contributed by atoms with Crippen LogP contribution in [0.4, 0.5) is 11.4 Å². The second kappa shape index (κ2) is 9.44. The smallest absolute Gasteiger partial charge is 0.335 e. The number of nitrogens with zero attached hydrogens (tertiary/aromatic N) is 3. The number of hydrogen-bond acceptors (Lipinski definition) is 5. The van der Waals surface area contributed by atoms with Crippen LogP contribution in [0.5, 0.6) is 5.75 Å². The lowest BCUT2D eigenvalue weighted by atomic mass is 10.0. The standard InChI is InChI=1S/C29H19N3O6/c1-30-26-25(17-6-4-3-5-7-17)21(32(27(26)33)20-11-8-18(9-12-20)28(34)35)13-15-24-31(2)22-16-19(29(36)37)10-14-23(22)38-24/h3-16H,2H3,(H,34,35)(H,36,37). The summed E-state index contributed by atoms with van der Waals surface area (Å²) in [5, 5.41) is 18.6. The molecule has 0 bridgehead atoms. The Morgan fingerprint density at radius 1 is 0.921 bits per heavy atom. The molecule has 5 rings (SSSR count). The summed E-state index contributed by atoms with van der Waals surface area (Å²) in [5.74, 6) is -1.83. The fourth-order valence-corrected chi connectivity index (χ4v) is 4.31. The number of aromatic carboxylic acids is 2. The highest BCUT2D eigenvalue weighted by molar-refractivity contribution is 6.23. The molecule has 0 radical (unpaired) electrons. The molecule has 3 aromatic rings. The van der Waals surface area contributed by atoms with Gasteiger partial charge in [0.1, 0.15) is 0 Å². The molecule has 0 fully saturated rings. The number of anilines is 2. The Hall–Kier alpha value is -5.62. The van der Waals surface area contributed by atoms with Crippen LogP contribution >= 0.6 is 0 Å². The van der Waals surface area contributed by atoms with Crippen LogP contribution in [0.15, 0.2) is 102 Å². The molecule has 2 heterocycles. The average molecular weight is 505 g/mol. The number of carboxylic acid groups (broad SMARTS) is 2. The molecular weight excluding hydrogens is 486 g/mol. The van der Waals surface area contributed by atoms with Gasteiger partial charge in [0.2, 0.25) is 0 Å². The first-order chi connectivity index (χ1) is 18.3. The van der Waals surface area contributed by atoms with E-state index in [4.69, 9.17) is 11.3 Å². The van der Waals surface area contributed by atoms with E-state index in [9.17, 15) is 24.6 Å². The Bertz CT molecular complexity index is 1630. The molecule has 0 unspecified atom stereocenters. The topological polar surface area (TPSA) is 112 Å². The Kier molecular flexibility index (Phi) is 5.99. The Morgan fingerprint density at radius 2 is 1.58 bits per heavy atom. The van der Waals surface area contributed by atoms with Crippen LogP contribution in [0.1, 0.15) is 26.3 Å². The van der Waals surface area contributed by atoms with E-state index in [0.717, 1.165) is 0 Å². The summed E-state index contributed by atoms with van der Waals surface area (Å²) in [6.07, 6.45) is 3.29. The van der Waals surface area contributed by atoms with E-state index < -0.39 is 17.8 Å². The highest BCUT2D eigenvalue weighted by Crippen LogP contribution is 2.42. The molecule has 0 atom stereocenters. The molecule has 9 heteroatoms. The van der Waals surface area contributed by atoms with Crippen LogP contribution in [0.25, 0.3) is 10.4 Å². The number of benzene rings is 3. The maximum atomic E-state index is 13.5. The summed E-state index contributed by atoms with van der Waals surface area (Å²) in [7, 11) is 1.72. The maximum absolute atomic E-state index is 13.5. The second-order valence-corrected chi connectivity index (χ2v) is 8.40. The molecule has 186 valence electrons. The van der Waals surface area contributed by atoms with E-state index in [-0.39, 0.29) is 16.8 Å². The zero-order chi connectivity index (χ0) is 27.0. The van der Waals surface area contributed by atoms with Crippen LogP contribution in [-0.4, -0.2) is 35.1 Å². The Balaban J connectivity index is 1.62. The number of fused-ring (bicyclic) bond motifs is 1. The van der Waals surface area contributed by atoms with Crippen LogP contribution in [0.2, 0.25) is 0 Å². The number of carbonyl (C=O) groups excluding carboxylic acids is 1. The van der Waals surface area contributed by atoms with Gasteiger partial charge in [0.05, 0.1) is 23.4 Å². The van der Waals surface area contributed by atoms with E-state index in [1.165, 1.54) is 41.3 Å². The van der Waals surface area contributed by atoms with Crippen molar-refractivity contribution in [2.45, 2.75) is 0 Å². The average Bonchev–Trinajstić information content (AvgIpc) is 3.40. The zero-order valence-corrected chi connectivity index (χ0v) is 20.0. The maximum Gasteiger partial charge on any atom is 0.335 e. The molecule has 38 heavy (non-hydrogen) atoms. The summed E-state index contributed by atoms with van der Waals surface area (Å²) in [6.45, 7) is 7.74. The Labute approximate surface area is 217 Å². The van der Waals surface area contributed by atoms with E-state index >= 15 is 0 Å². The minimum absolute atomic E-state index is 0.0640. The molecule has 2 N–H and O–H groups in total. The number of rotatable bonds is 5. The van der Waals surface area contributed by atoms with Gasteiger partial charge in [-0.1, -0.05) is 30.3 Å². The third kappa shape index (κ3) is 4.06. The fourth-order valence-electron chi connectivity index (χ4n) is 4.31. The number of ether oxygens (including phenoxy) is 1. The van der Waals surface area contributed by atoms with Crippen molar-refractivity contribution in [1.82, 2.24) is 0 Å². The highest BCUT2D eigenvalue weighted by Gasteiger charge is 2.37. The third-order valence-corrected chi connectivity index (χ3v) is 6.18. The van der Waals surface area contributed by atoms with Crippen molar-refractivity contribution in [3.05, 3.63) is 130 Å². The second-order valence-electron chi connectivity index (χ2n) is 8.40. The lowest BCUT2D eigenvalue weighted by molar-refractivity contribution is -0.114. The summed E-state index contributed by atoms with van der Waals surface area (Å²) < 4.78 is 5.92. The molecule has 2 aliphatic rings. The summed E-state index contributed by atoms with van der Waals surface area (Å²) in [4.78, 5) is 42.8. The summed E-state index contributed by atoms with van der Waals surface area (Å²) in [5.41, 5.74) is 2.57. The van der Waals surface area contributed by atoms with Gasteiger partial charge in [-0.3, -0.25) is 9.69 Å². The monoisotopic (exact) mass is 505 g/mol. The third-order valence-electron chi connectivity index (χ3n) is 6.18. The van der Waals surface area contributed by atoms with E-state index in [2.05, 4.69) is 4.85 Å². The molecule has 9 nitrogen and oxygen atoms in total. The largest absolute Gasteiger partial charge is 0.478 e. The van der Waals surface area contributed by atoms with Crippen LogP contribution in [-0.2, 0) is 4.79 Å². The van der Waals surface area contributed by atoms with Gasteiger partial charge in [0, 0.05) is 30.1 Å². The molecule has 0 saturated carbocycles. The SMILES string of the molecule is [C-]#[N+]C1=C(c2ccccc2)C(=CC=C2Oc3ccc(C(=O)O)cc3N2C)N(c2ccc(C(=O)O)cc2)C1=O. The first-order valence-corrected chi connectivity index (χ1v) is 11.4. The minimum atomic E-state index is -1.10. The van der Waals surface area contributed by atoms with Gasteiger partial charge < -0.3 is 19.8 Å². The highest BCUT2D eigenvalue weighted by atomic mass is 16.5. The van der Waals surface area contributed by atoms with Gasteiger partial charge >= 0.3 is 11.9 Å². The van der Waals surface area contributed by atoms with E-state index in [1.54, 1.807) is 54.4 Å². The predicted molar refractivity (Wildman–Crippen MR) is 139 cm³/mol. The molecule has 0 saturated heterocycles. The minimum Gasteiger partial charge on any atom is -0.478 e. The first kappa shape index (κ1) is 24.1. The molecule has 2 aliphatic heterocycles. The lowest BCUT2D eigenvalue weighted by Crippen LogP contribution is -2.25. The van der Waals surface area contributed by atoms with Crippen molar-refractivity contribution >= 4 is 34.8 Å². The van der Waals surface area contributed by atoms with E-state index in [1.807, 2.05) is 6.07 Å². The van der Waals surface area contributed by atoms with Gasteiger partial charge in [0.25, 0.3) is 11.6 Å². The number of carboxylic acids is 2. The van der Waals surface area contributed by atoms with Crippen molar-refractivity contribution in [1.29, 1.82) is 0 Å². The van der Waals surface area contributed by atoms with Gasteiger partial charge in [0.15, 0.2) is 11.6 Å². The first-order valence-electron chi connectivity index (χ1n) is 11.4. The number of amides is 1. The summed E-state index contributed by atoms with van der Waals surface area (Å²) in [6, 6.07) is 19.4. The van der Waals surface area contributed by atoms with Gasteiger partial charge in [-0.2, -0.15) is 0 Å². The van der Waals surface area contributed by atoms with Crippen LogP contribution in [0.3, 0.4) is 0 Å². The lowest BCUT2D eigenvalue weighted by Gasteiger charge is -2.21. The quantitative estimate of drug-likeness (QED) is 0.469. The molecule has 0 aromatic heterocycles. The van der Waals surface area contributed by atoms with Crippen LogP contribution in [0, 0.1) is 6.57 Å². The molecule has 0 aliphatic carbocycles. The molecular formula is C29H19N3O6. The predicted octanol–water partition coefficient (Wildman–Crippen LogP) is 5.01. The summed E-state index contributed by atoms with van der Waals surface area (Å²) >= 11 is 0. The Morgan fingerprint density at radius 3 is 2.21 bits per heavy atom. The molecule has 1 amide bonds. The van der Waals surface area contributed by atoms with E-state index in [0.29, 0.717) is 39.8 Å². The fraction of sp³-hybridized carbons (Fsp3) is 0.0345. The normalized spacial score (nSPS) is 16.6. The van der Waals surface area contributed by atoms with Crippen molar-refractivity contribution < 1.29 is 29.3 Å². The van der Waals surface area contributed by atoms with Crippen LogP contribution < -0.4 is 14.5 Å². The van der Waals surface area contributed by atoms with Crippen molar-refractivity contribution in [3.63, 3.8) is 0 Å². The van der Waals surface area contributed by atoms with Gasteiger partial charge in [-0.15, -0.1) is 0 Å². The zero-order valence-electron chi connectivity index (χ0n) is 20.0. The van der Waals surface area contributed by atoms with Crippen molar-refractivity contribution in [2.24, 2.45) is 0 Å².